The van der Waals surface area contributed by atoms with E-state index in [9.17, 15) is 14.7 Å². The van der Waals surface area contributed by atoms with E-state index >= 15 is 0 Å². The number of halogens is 1. The quantitative estimate of drug-likeness (QED) is 0.197. The monoisotopic (exact) mass is 699 g/mol. The van der Waals surface area contributed by atoms with Gasteiger partial charge in [0, 0.05) is 41.1 Å². The molecular weight excluding hydrogens is 650 g/mol. The van der Waals surface area contributed by atoms with Crippen LogP contribution >= 0.6 is 11.6 Å². The van der Waals surface area contributed by atoms with Gasteiger partial charge in [0.25, 0.3) is 0 Å². The molecule has 266 valence electrons. The Hall–Kier alpha value is -3.78. The van der Waals surface area contributed by atoms with Crippen molar-refractivity contribution < 1.29 is 24.2 Å². The number of likely N-dealkylation sites (tertiary alicyclic amines) is 1. The van der Waals surface area contributed by atoms with Gasteiger partial charge < -0.3 is 24.8 Å². The summed E-state index contributed by atoms with van der Waals surface area (Å²) < 4.78 is 12.8. The van der Waals surface area contributed by atoms with Gasteiger partial charge in [-0.2, -0.15) is 0 Å². The number of anilines is 1. The smallest absolute Gasteiger partial charge is 0.329 e. The highest BCUT2D eigenvalue weighted by atomic mass is 35.5. The van der Waals surface area contributed by atoms with Crippen molar-refractivity contribution in [3.63, 3.8) is 0 Å². The third kappa shape index (κ3) is 6.92. The summed E-state index contributed by atoms with van der Waals surface area (Å²) in [6.45, 7) is 7.05. The molecule has 3 atom stereocenters. The van der Waals surface area contributed by atoms with E-state index in [1.54, 1.807) is 12.1 Å². The molecule has 2 N–H and O–H groups in total. The first-order valence-electron chi connectivity index (χ1n) is 18.6. The van der Waals surface area contributed by atoms with Gasteiger partial charge in [-0.05, 0) is 135 Å². The molecule has 1 aromatic heterocycles. The van der Waals surface area contributed by atoms with Crippen molar-refractivity contribution in [2.24, 2.45) is 11.8 Å². The lowest BCUT2D eigenvalue weighted by atomic mass is 9.59. The van der Waals surface area contributed by atoms with Crippen LogP contribution in [0.1, 0.15) is 99.9 Å². The summed E-state index contributed by atoms with van der Waals surface area (Å²) in [5, 5.41) is 14.6. The summed E-state index contributed by atoms with van der Waals surface area (Å²) in [6, 6.07) is 15.8. The maximum absolute atomic E-state index is 13.0. The van der Waals surface area contributed by atoms with Crippen LogP contribution in [0.15, 0.2) is 54.7 Å². The molecule has 8 nitrogen and oxygen atoms in total. The van der Waals surface area contributed by atoms with E-state index in [2.05, 4.69) is 42.3 Å². The number of carboxylic acid groups (broad SMARTS) is 1. The maximum atomic E-state index is 13.0. The van der Waals surface area contributed by atoms with Gasteiger partial charge in [-0.15, -0.1) is 0 Å². The average molecular weight is 700 g/mol. The number of carbonyl (C=O) groups excluding carboxylic acids is 1. The number of aromatic nitrogens is 1. The Morgan fingerprint density at radius 3 is 2.70 bits per heavy atom. The zero-order chi connectivity index (χ0) is 34.9. The van der Waals surface area contributed by atoms with E-state index in [0.717, 1.165) is 62.3 Å². The number of hydrogen-bond acceptors (Lipinski definition) is 6. The molecule has 1 unspecified atom stereocenters. The lowest BCUT2D eigenvalue weighted by Gasteiger charge is -2.47. The van der Waals surface area contributed by atoms with Gasteiger partial charge in [-0.25, -0.2) is 4.79 Å². The molecule has 9 heteroatoms. The number of aliphatic carboxylic acids is 1. The Balaban J connectivity index is 1.11. The van der Waals surface area contributed by atoms with Crippen LogP contribution in [0.4, 0.5) is 5.69 Å². The van der Waals surface area contributed by atoms with Crippen LogP contribution in [0, 0.1) is 11.8 Å². The second-order valence-corrected chi connectivity index (χ2v) is 15.8. The van der Waals surface area contributed by atoms with Gasteiger partial charge in [0.2, 0.25) is 5.91 Å². The second-order valence-electron chi connectivity index (χ2n) is 15.3. The summed E-state index contributed by atoms with van der Waals surface area (Å²) in [6.07, 6.45) is 11.2. The minimum absolute atomic E-state index is 0.173. The molecule has 2 fully saturated rings. The second kappa shape index (κ2) is 14.5. The SMILES string of the molecule is C[C@@H](COc1ccnc2c1[C@H](C)CCC2)CC1Cc2ccc(OCCN3CCCC3=O)cc2C12CCC(Nc1cccc(Cl)c1)(C(=O)O)CC2. The fraction of sp³-hybridized carbons (Fsp3) is 0.537. The number of aryl methyl sites for hydroxylation is 1. The summed E-state index contributed by atoms with van der Waals surface area (Å²) in [7, 11) is 0. The van der Waals surface area contributed by atoms with Crippen LogP contribution in [0.5, 0.6) is 11.5 Å². The molecule has 3 aliphatic carbocycles. The molecule has 0 radical (unpaired) electrons. The normalized spacial score (nSPS) is 26.4. The Bertz CT molecular complexity index is 1720. The van der Waals surface area contributed by atoms with E-state index in [1.165, 1.54) is 35.2 Å². The van der Waals surface area contributed by atoms with Crippen molar-refractivity contribution in [3.8, 4) is 11.5 Å². The zero-order valence-corrected chi connectivity index (χ0v) is 30.1. The fourth-order valence-electron chi connectivity index (χ4n) is 9.38. The number of hydrogen-bond donors (Lipinski definition) is 2. The Kier molecular flexibility index (Phi) is 10.0. The van der Waals surface area contributed by atoms with E-state index < -0.39 is 11.5 Å². The first kappa shape index (κ1) is 34.7. The van der Waals surface area contributed by atoms with Crippen molar-refractivity contribution in [1.29, 1.82) is 0 Å². The first-order valence-corrected chi connectivity index (χ1v) is 19.0. The minimum atomic E-state index is -1.08. The molecule has 3 aromatic rings. The lowest BCUT2D eigenvalue weighted by Crippen LogP contribution is -2.53. The fourth-order valence-corrected chi connectivity index (χ4v) is 9.57. The predicted molar refractivity (Wildman–Crippen MR) is 195 cm³/mol. The van der Waals surface area contributed by atoms with Crippen molar-refractivity contribution in [2.75, 3.05) is 31.6 Å². The molecule has 4 aliphatic rings. The Labute approximate surface area is 300 Å². The molecule has 1 saturated carbocycles. The number of nitrogens with zero attached hydrogens (tertiary/aromatic N) is 2. The number of ether oxygens (including phenoxy) is 2. The molecular formula is C41H50ClN3O5. The van der Waals surface area contributed by atoms with Crippen molar-refractivity contribution in [3.05, 3.63) is 82.1 Å². The van der Waals surface area contributed by atoms with Gasteiger partial charge in [0.05, 0.1) is 13.2 Å². The Morgan fingerprint density at radius 2 is 1.94 bits per heavy atom. The third-order valence-electron chi connectivity index (χ3n) is 12.1. The summed E-state index contributed by atoms with van der Waals surface area (Å²) >= 11 is 6.28. The zero-order valence-electron chi connectivity index (χ0n) is 29.4. The highest BCUT2D eigenvalue weighted by molar-refractivity contribution is 6.30. The largest absolute Gasteiger partial charge is 0.493 e. The number of fused-ring (bicyclic) bond motifs is 3. The van der Waals surface area contributed by atoms with Crippen LogP contribution < -0.4 is 14.8 Å². The molecule has 50 heavy (non-hydrogen) atoms. The topological polar surface area (TPSA) is 101 Å². The third-order valence-corrected chi connectivity index (χ3v) is 12.3. The van der Waals surface area contributed by atoms with Crippen molar-refractivity contribution >= 4 is 29.2 Å². The summed E-state index contributed by atoms with van der Waals surface area (Å²) in [4.78, 5) is 31.6. The summed E-state index contributed by atoms with van der Waals surface area (Å²) in [5.41, 5.74) is 4.56. The number of benzene rings is 2. The van der Waals surface area contributed by atoms with E-state index in [1.807, 2.05) is 29.3 Å². The van der Waals surface area contributed by atoms with E-state index in [-0.39, 0.29) is 11.3 Å². The van der Waals surface area contributed by atoms with Gasteiger partial charge in [-0.3, -0.25) is 9.78 Å². The molecule has 1 aliphatic heterocycles. The average Bonchev–Trinajstić information content (AvgIpc) is 3.64. The number of amides is 1. The number of nitrogens with one attached hydrogen (secondary N) is 1. The highest BCUT2D eigenvalue weighted by Crippen LogP contribution is 2.57. The Morgan fingerprint density at radius 1 is 1.10 bits per heavy atom. The van der Waals surface area contributed by atoms with Crippen LogP contribution in [0.2, 0.25) is 5.02 Å². The van der Waals surface area contributed by atoms with Crippen LogP contribution in [-0.2, 0) is 27.8 Å². The number of carbonyl (C=O) groups is 2. The standard InChI is InChI=1S/C41H50ClN3O5/c1-27(26-50-36-13-18-43-35-9-3-6-28(2)38(35)36)22-30-23-29-11-12-33(49-21-20-45-19-5-10-37(45)46)25-34(29)40(30)14-16-41(17-15-40,39(47)48)44-32-8-4-7-31(42)24-32/h4,7-8,11-13,18,24-25,27-28,30,44H,3,5-6,9-10,14-17,19-23,26H2,1-2H3,(H,47,48)/t27-,28-,30?,40?,41?/m1/s1. The molecule has 1 amide bonds. The number of rotatable bonds is 12. The molecule has 1 saturated heterocycles. The molecule has 7 rings (SSSR count). The number of pyridine rings is 1. The van der Waals surface area contributed by atoms with E-state index in [0.29, 0.717) is 61.8 Å². The highest BCUT2D eigenvalue weighted by Gasteiger charge is 2.54. The molecule has 2 aromatic carbocycles. The van der Waals surface area contributed by atoms with E-state index in [4.69, 9.17) is 21.1 Å². The van der Waals surface area contributed by atoms with Crippen LogP contribution in [-0.4, -0.2) is 58.7 Å². The lowest BCUT2D eigenvalue weighted by molar-refractivity contribution is -0.144. The van der Waals surface area contributed by atoms with Gasteiger partial charge in [0.1, 0.15) is 23.6 Å². The van der Waals surface area contributed by atoms with Crippen molar-refractivity contribution in [2.45, 2.75) is 101 Å². The van der Waals surface area contributed by atoms with Gasteiger partial charge in [0.15, 0.2) is 0 Å². The maximum Gasteiger partial charge on any atom is 0.329 e. The first-order chi connectivity index (χ1) is 24.2. The van der Waals surface area contributed by atoms with Crippen LogP contribution in [0.25, 0.3) is 0 Å². The molecule has 0 bridgehead atoms. The van der Waals surface area contributed by atoms with Crippen LogP contribution in [0.3, 0.4) is 0 Å². The number of carboxylic acids is 1. The van der Waals surface area contributed by atoms with Gasteiger partial charge in [-0.1, -0.05) is 37.6 Å². The van der Waals surface area contributed by atoms with Gasteiger partial charge >= 0.3 is 5.97 Å². The summed E-state index contributed by atoms with van der Waals surface area (Å²) in [5.74, 6) is 2.27. The molecule has 1 spiro atoms. The predicted octanol–water partition coefficient (Wildman–Crippen LogP) is 8.20. The van der Waals surface area contributed by atoms with Crippen molar-refractivity contribution in [1.82, 2.24) is 9.88 Å². The molecule has 2 heterocycles. The minimum Gasteiger partial charge on any atom is -0.493 e.